The van der Waals surface area contributed by atoms with Crippen molar-refractivity contribution in [2.75, 3.05) is 5.32 Å². The first kappa shape index (κ1) is 13.4. The number of nitrogens with one attached hydrogen (secondary N) is 2. The fourth-order valence-corrected chi connectivity index (χ4v) is 2.40. The van der Waals surface area contributed by atoms with E-state index in [4.69, 9.17) is 0 Å². The second kappa shape index (κ2) is 5.05. The van der Waals surface area contributed by atoms with Crippen LogP contribution in [0.1, 0.15) is 36.1 Å². The molecule has 21 heavy (non-hydrogen) atoms. The third kappa shape index (κ3) is 2.29. The molecule has 1 amide bonds. The summed E-state index contributed by atoms with van der Waals surface area (Å²) in [6.45, 7) is 3.78. The Morgan fingerprint density at radius 3 is 2.90 bits per heavy atom. The zero-order chi connectivity index (χ0) is 15.0. The van der Waals surface area contributed by atoms with Gasteiger partial charge < -0.3 is 10.6 Å². The summed E-state index contributed by atoms with van der Waals surface area (Å²) in [5.41, 5.74) is 1.16. The third-order valence-electron chi connectivity index (χ3n) is 3.30. The highest BCUT2D eigenvalue weighted by Crippen LogP contribution is 2.27. The summed E-state index contributed by atoms with van der Waals surface area (Å²) in [6.07, 6.45) is 3.11. The molecule has 0 saturated heterocycles. The molecule has 1 aliphatic heterocycles. The van der Waals surface area contributed by atoms with Crippen LogP contribution in [-0.4, -0.2) is 27.4 Å². The van der Waals surface area contributed by atoms with Gasteiger partial charge in [0.15, 0.2) is 6.04 Å². The second-order valence-electron chi connectivity index (χ2n) is 5.25. The summed E-state index contributed by atoms with van der Waals surface area (Å²) >= 11 is 0. The molecule has 2 heterocycles. The Labute approximate surface area is 122 Å². The predicted octanol–water partition coefficient (Wildman–Crippen LogP) is 1.56. The predicted molar refractivity (Wildman–Crippen MR) is 78.0 cm³/mol. The van der Waals surface area contributed by atoms with Crippen LogP contribution in [0.4, 0.5) is 5.69 Å². The normalized spacial score (nSPS) is 16.7. The van der Waals surface area contributed by atoms with Gasteiger partial charge in [0, 0.05) is 24.1 Å². The molecule has 108 valence electrons. The molecule has 1 aliphatic rings. The maximum atomic E-state index is 12.5. The largest absolute Gasteiger partial charge is 0.367 e. The van der Waals surface area contributed by atoms with Crippen molar-refractivity contribution < 1.29 is 9.59 Å². The SMILES string of the molecule is CC(C)NC(=O)C1Nc2ccccc2C(=O)n2ccnc21. The van der Waals surface area contributed by atoms with Crippen LogP contribution >= 0.6 is 0 Å². The highest BCUT2D eigenvalue weighted by molar-refractivity contribution is 6.03. The molecule has 1 aromatic heterocycles. The molecule has 6 nitrogen and oxygen atoms in total. The minimum atomic E-state index is -0.699. The molecule has 1 atom stereocenters. The van der Waals surface area contributed by atoms with Crippen molar-refractivity contribution in [3.8, 4) is 0 Å². The molecular formula is C15H16N4O2. The number of hydrogen-bond acceptors (Lipinski definition) is 4. The van der Waals surface area contributed by atoms with E-state index in [-0.39, 0.29) is 17.9 Å². The fraction of sp³-hybridized carbons (Fsp3) is 0.267. The molecule has 0 aliphatic carbocycles. The summed E-state index contributed by atoms with van der Waals surface area (Å²) in [5.74, 6) is 0.00162. The maximum Gasteiger partial charge on any atom is 0.265 e. The van der Waals surface area contributed by atoms with Gasteiger partial charge in [0.25, 0.3) is 11.8 Å². The Balaban J connectivity index is 2.09. The summed E-state index contributed by atoms with van der Waals surface area (Å²) in [5, 5.41) is 5.97. The number of amides is 1. The van der Waals surface area contributed by atoms with Crippen molar-refractivity contribution in [3.05, 3.63) is 48.0 Å². The summed E-state index contributed by atoms with van der Waals surface area (Å²) in [4.78, 5) is 29.1. The zero-order valence-corrected chi connectivity index (χ0v) is 11.8. The molecule has 0 spiro atoms. The van der Waals surface area contributed by atoms with Gasteiger partial charge in [-0.05, 0) is 26.0 Å². The van der Waals surface area contributed by atoms with Crippen molar-refractivity contribution in [2.45, 2.75) is 25.9 Å². The number of anilines is 1. The number of rotatable bonds is 2. The van der Waals surface area contributed by atoms with Crippen LogP contribution < -0.4 is 10.6 Å². The van der Waals surface area contributed by atoms with Crippen molar-refractivity contribution in [1.82, 2.24) is 14.9 Å². The van der Waals surface area contributed by atoms with Crippen LogP contribution in [-0.2, 0) is 4.79 Å². The van der Waals surface area contributed by atoms with E-state index in [1.807, 2.05) is 19.9 Å². The molecule has 6 heteroatoms. The first-order chi connectivity index (χ1) is 10.1. The first-order valence-electron chi connectivity index (χ1n) is 6.82. The minimum absolute atomic E-state index is 0.0110. The van der Waals surface area contributed by atoms with Gasteiger partial charge in [0.1, 0.15) is 5.82 Å². The Bertz CT molecular complexity index is 705. The van der Waals surface area contributed by atoms with Crippen LogP contribution in [0.2, 0.25) is 0 Å². The lowest BCUT2D eigenvalue weighted by Gasteiger charge is -2.18. The lowest BCUT2D eigenvalue weighted by Crippen LogP contribution is -2.38. The van der Waals surface area contributed by atoms with Crippen molar-refractivity contribution in [3.63, 3.8) is 0 Å². The van der Waals surface area contributed by atoms with Crippen molar-refractivity contribution in [1.29, 1.82) is 0 Å². The quantitative estimate of drug-likeness (QED) is 0.877. The summed E-state index contributed by atoms with van der Waals surface area (Å²) < 4.78 is 1.42. The average Bonchev–Trinajstić information content (AvgIpc) is 2.88. The number of fused-ring (bicyclic) bond motifs is 2. The van der Waals surface area contributed by atoms with Crippen LogP contribution in [0.3, 0.4) is 0 Å². The average molecular weight is 284 g/mol. The van der Waals surface area contributed by atoms with E-state index in [2.05, 4.69) is 15.6 Å². The van der Waals surface area contributed by atoms with E-state index in [9.17, 15) is 9.59 Å². The minimum Gasteiger partial charge on any atom is -0.367 e. The van der Waals surface area contributed by atoms with Gasteiger partial charge in [-0.25, -0.2) is 4.98 Å². The highest BCUT2D eigenvalue weighted by atomic mass is 16.2. The van der Waals surface area contributed by atoms with Crippen LogP contribution in [0.15, 0.2) is 36.7 Å². The Hall–Kier alpha value is -2.63. The number of imidazole rings is 1. The summed E-state index contributed by atoms with van der Waals surface area (Å²) in [6, 6.07) is 6.45. The van der Waals surface area contributed by atoms with E-state index >= 15 is 0 Å². The lowest BCUT2D eigenvalue weighted by molar-refractivity contribution is -0.122. The Kier molecular flexibility index (Phi) is 3.21. The van der Waals surface area contributed by atoms with E-state index in [1.165, 1.54) is 10.8 Å². The van der Waals surface area contributed by atoms with Gasteiger partial charge in [-0.3, -0.25) is 14.2 Å². The molecule has 2 aromatic rings. The number of aromatic nitrogens is 2. The molecule has 3 rings (SSSR count). The first-order valence-corrected chi connectivity index (χ1v) is 6.82. The number of para-hydroxylation sites is 1. The van der Waals surface area contributed by atoms with Gasteiger partial charge in [-0.15, -0.1) is 0 Å². The number of hydrogen-bond donors (Lipinski definition) is 2. The standard InChI is InChI=1S/C15H16N4O2/c1-9(2)17-14(20)12-13-16-7-8-19(13)15(21)10-5-3-4-6-11(10)18-12/h3-9,12,18H,1-2H3,(H,17,20). The van der Waals surface area contributed by atoms with E-state index < -0.39 is 6.04 Å². The van der Waals surface area contributed by atoms with E-state index in [0.29, 0.717) is 17.1 Å². The molecule has 0 radical (unpaired) electrons. The molecule has 1 aromatic carbocycles. The fourth-order valence-electron chi connectivity index (χ4n) is 2.40. The second-order valence-corrected chi connectivity index (χ2v) is 5.25. The lowest BCUT2D eigenvalue weighted by atomic mass is 10.1. The monoisotopic (exact) mass is 284 g/mol. The molecule has 0 saturated carbocycles. The van der Waals surface area contributed by atoms with Crippen molar-refractivity contribution in [2.24, 2.45) is 0 Å². The number of nitrogens with zero attached hydrogens (tertiary/aromatic N) is 2. The Morgan fingerprint density at radius 1 is 1.38 bits per heavy atom. The van der Waals surface area contributed by atoms with Gasteiger partial charge in [-0.1, -0.05) is 12.1 Å². The van der Waals surface area contributed by atoms with Crippen molar-refractivity contribution >= 4 is 17.5 Å². The molecule has 0 fully saturated rings. The Morgan fingerprint density at radius 2 is 2.14 bits per heavy atom. The number of carbonyl (C=O) groups excluding carboxylic acids is 2. The molecule has 1 unspecified atom stereocenters. The molecule has 0 bridgehead atoms. The topological polar surface area (TPSA) is 76.0 Å². The van der Waals surface area contributed by atoms with Crippen LogP contribution in [0, 0.1) is 0 Å². The van der Waals surface area contributed by atoms with E-state index in [1.54, 1.807) is 24.4 Å². The van der Waals surface area contributed by atoms with Crippen LogP contribution in [0.5, 0.6) is 0 Å². The third-order valence-corrected chi connectivity index (χ3v) is 3.30. The van der Waals surface area contributed by atoms with Gasteiger partial charge in [0.05, 0.1) is 5.56 Å². The van der Waals surface area contributed by atoms with Gasteiger partial charge in [0.2, 0.25) is 0 Å². The maximum absolute atomic E-state index is 12.5. The zero-order valence-electron chi connectivity index (χ0n) is 11.8. The smallest absolute Gasteiger partial charge is 0.265 e. The number of carbonyl (C=O) groups is 2. The highest BCUT2D eigenvalue weighted by Gasteiger charge is 2.32. The summed E-state index contributed by atoms with van der Waals surface area (Å²) in [7, 11) is 0. The van der Waals surface area contributed by atoms with E-state index in [0.717, 1.165) is 0 Å². The molecular weight excluding hydrogens is 268 g/mol. The molecule has 2 N–H and O–H groups in total. The number of benzene rings is 1. The van der Waals surface area contributed by atoms with Crippen LogP contribution in [0.25, 0.3) is 0 Å². The van der Waals surface area contributed by atoms with Gasteiger partial charge >= 0.3 is 0 Å². The van der Waals surface area contributed by atoms with Gasteiger partial charge in [-0.2, -0.15) is 0 Å².